The van der Waals surface area contributed by atoms with Crippen LogP contribution in [0.3, 0.4) is 0 Å². The van der Waals surface area contributed by atoms with Gasteiger partial charge in [-0.25, -0.2) is 9.98 Å². The lowest BCUT2D eigenvalue weighted by Crippen LogP contribution is -2.19. The Hall–Kier alpha value is -1.19. The van der Waals surface area contributed by atoms with Crippen LogP contribution < -0.4 is 10.7 Å². The molecule has 0 saturated carbocycles. The summed E-state index contributed by atoms with van der Waals surface area (Å²) >= 11 is 7.39. The largest absolute Gasteiger partial charge is 0.248 e. The molecule has 0 amide bonds. The molecule has 3 rings (SSSR count). The number of halogens is 1. The molecule has 0 aliphatic carbocycles. The van der Waals surface area contributed by atoms with Crippen LogP contribution in [0.2, 0.25) is 4.34 Å². The van der Waals surface area contributed by atoms with Gasteiger partial charge in [0, 0.05) is 6.92 Å². The monoisotopic (exact) mass is 247 g/mol. The van der Waals surface area contributed by atoms with Crippen molar-refractivity contribution in [1.29, 1.82) is 0 Å². The van der Waals surface area contributed by atoms with Crippen molar-refractivity contribution < 1.29 is 0 Å². The molecule has 0 atom stereocenters. The summed E-state index contributed by atoms with van der Waals surface area (Å²) < 4.78 is 0.736. The third kappa shape index (κ3) is 1.47. The van der Waals surface area contributed by atoms with Crippen LogP contribution in [0.4, 0.5) is 0 Å². The van der Waals surface area contributed by atoms with Gasteiger partial charge in [-0.3, -0.25) is 0 Å². The Morgan fingerprint density at radius 1 is 1.06 bits per heavy atom. The first kappa shape index (κ1) is 10.00. The molecule has 0 unspecified atom stereocenters. The SMILES string of the molecule is [CH2]C1(c2ccc(Cl)s2)N=c2ccccc2=N1. The van der Waals surface area contributed by atoms with E-state index in [4.69, 9.17) is 11.6 Å². The fraction of sp³-hybridized carbons (Fsp3) is 0.0833. The van der Waals surface area contributed by atoms with Crippen molar-refractivity contribution in [3.05, 3.63) is 63.2 Å². The van der Waals surface area contributed by atoms with Gasteiger partial charge in [-0.15, -0.1) is 11.3 Å². The molecule has 1 aliphatic rings. The van der Waals surface area contributed by atoms with Crippen LogP contribution in [-0.4, -0.2) is 0 Å². The molecule has 1 aromatic heterocycles. The molecule has 0 fully saturated rings. The van der Waals surface area contributed by atoms with Crippen molar-refractivity contribution in [1.82, 2.24) is 0 Å². The predicted octanol–water partition coefficient (Wildman–Crippen LogP) is 2.34. The molecule has 1 aromatic carbocycles. The van der Waals surface area contributed by atoms with Gasteiger partial charge in [-0.05, 0) is 24.3 Å². The number of hydrogen-bond donors (Lipinski definition) is 0. The van der Waals surface area contributed by atoms with Crippen LogP contribution in [0, 0.1) is 6.92 Å². The van der Waals surface area contributed by atoms with Crippen LogP contribution in [0.1, 0.15) is 4.88 Å². The van der Waals surface area contributed by atoms with Crippen molar-refractivity contribution in [2.75, 3.05) is 0 Å². The average molecular weight is 248 g/mol. The summed E-state index contributed by atoms with van der Waals surface area (Å²) in [7, 11) is 0. The van der Waals surface area contributed by atoms with E-state index in [9.17, 15) is 0 Å². The molecule has 2 aromatic rings. The number of thiophene rings is 1. The minimum absolute atomic E-state index is 0.736. The van der Waals surface area contributed by atoms with Crippen LogP contribution in [0.15, 0.2) is 46.4 Å². The number of para-hydroxylation sites is 2. The van der Waals surface area contributed by atoms with E-state index < -0.39 is 5.66 Å². The molecule has 16 heavy (non-hydrogen) atoms. The van der Waals surface area contributed by atoms with Crippen LogP contribution in [-0.2, 0) is 5.66 Å². The highest BCUT2D eigenvalue weighted by molar-refractivity contribution is 7.16. The second-order valence-corrected chi connectivity index (χ2v) is 5.35. The highest BCUT2D eigenvalue weighted by atomic mass is 35.5. The lowest BCUT2D eigenvalue weighted by atomic mass is 10.2. The second kappa shape index (κ2) is 3.40. The van der Waals surface area contributed by atoms with Crippen LogP contribution in [0.25, 0.3) is 0 Å². The fourth-order valence-electron chi connectivity index (χ4n) is 1.72. The normalized spacial score (nSPS) is 16.4. The number of benzene rings is 1. The molecule has 1 radical (unpaired) electrons. The summed E-state index contributed by atoms with van der Waals surface area (Å²) in [6.07, 6.45) is 0. The van der Waals surface area contributed by atoms with E-state index in [-0.39, 0.29) is 0 Å². The van der Waals surface area contributed by atoms with Crippen molar-refractivity contribution in [3.8, 4) is 0 Å². The Morgan fingerprint density at radius 3 is 2.19 bits per heavy atom. The van der Waals surface area contributed by atoms with Crippen molar-refractivity contribution >= 4 is 22.9 Å². The highest BCUT2D eigenvalue weighted by Crippen LogP contribution is 2.34. The van der Waals surface area contributed by atoms with Crippen molar-refractivity contribution in [2.24, 2.45) is 9.98 Å². The molecule has 0 saturated heterocycles. The van der Waals surface area contributed by atoms with Gasteiger partial charge in [0.2, 0.25) is 0 Å². The van der Waals surface area contributed by atoms with Crippen LogP contribution in [0.5, 0.6) is 0 Å². The Kier molecular flexibility index (Phi) is 2.13. The zero-order chi connectivity index (χ0) is 11.2. The maximum atomic E-state index is 5.92. The van der Waals surface area contributed by atoms with Gasteiger partial charge in [-0.2, -0.15) is 0 Å². The van der Waals surface area contributed by atoms with Crippen molar-refractivity contribution in [3.63, 3.8) is 0 Å². The topological polar surface area (TPSA) is 24.7 Å². The van der Waals surface area contributed by atoms with Crippen molar-refractivity contribution in [2.45, 2.75) is 5.66 Å². The number of hydrogen-bond acceptors (Lipinski definition) is 3. The third-order valence-electron chi connectivity index (χ3n) is 2.46. The highest BCUT2D eigenvalue weighted by Gasteiger charge is 2.29. The summed E-state index contributed by atoms with van der Waals surface area (Å²) in [5, 5.41) is 1.78. The van der Waals surface area contributed by atoms with E-state index in [0.717, 1.165) is 19.9 Å². The smallest absolute Gasteiger partial charge is 0.186 e. The zero-order valence-corrected chi connectivity index (χ0v) is 9.92. The van der Waals surface area contributed by atoms with Gasteiger partial charge in [0.15, 0.2) is 5.66 Å². The molecule has 2 heterocycles. The Balaban J connectivity index is 2.21. The quantitative estimate of drug-likeness (QED) is 0.739. The molecule has 0 N–H and O–H groups in total. The van der Waals surface area contributed by atoms with Gasteiger partial charge >= 0.3 is 0 Å². The van der Waals surface area contributed by atoms with E-state index in [1.807, 2.05) is 36.4 Å². The molecule has 0 spiro atoms. The summed E-state index contributed by atoms with van der Waals surface area (Å²) in [6.45, 7) is 4.09. The standard InChI is InChI=1S/C12H8ClN2S/c1-12(10-6-7-11(13)16-10)14-8-4-2-3-5-9(8)15-12/h2-7H,1H2. The number of nitrogens with zero attached hydrogens (tertiary/aromatic N) is 2. The molecule has 0 bridgehead atoms. The summed E-state index contributed by atoms with van der Waals surface area (Å²) in [5.41, 5.74) is -0.749. The maximum Gasteiger partial charge on any atom is 0.186 e. The molecule has 79 valence electrons. The summed E-state index contributed by atoms with van der Waals surface area (Å²) in [5.74, 6) is 0. The Morgan fingerprint density at radius 2 is 1.69 bits per heavy atom. The lowest BCUT2D eigenvalue weighted by molar-refractivity contribution is 0.603. The first-order valence-corrected chi connectivity index (χ1v) is 6.03. The Labute approximate surface area is 102 Å². The van der Waals surface area contributed by atoms with E-state index in [2.05, 4.69) is 16.9 Å². The predicted molar refractivity (Wildman–Crippen MR) is 65.1 cm³/mol. The Bertz CT molecular complexity index is 625. The minimum Gasteiger partial charge on any atom is -0.248 e. The zero-order valence-electron chi connectivity index (χ0n) is 8.35. The fourth-order valence-corrected chi connectivity index (χ4v) is 2.77. The first-order chi connectivity index (χ1) is 7.67. The molecular weight excluding hydrogens is 240 g/mol. The van der Waals surface area contributed by atoms with Gasteiger partial charge in [-0.1, -0.05) is 23.7 Å². The average Bonchev–Trinajstić information content (AvgIpc) is 2.81. The molecule has 2 nitrogen and oxygen atoms in total. The van der Waals surface area contributed by atoms with E-state index in [0.29, 0.717) is 0 Å². The van der Waals surface area contributed by atoms with Gasteiger partial charge in [0.1, 0.15) is 0 Å². The minimum atomic E-state index is -0.749. The number of fused-ring (bicyclic) bond motifs is 1. The second-order valence-electron chi connectivity index (χ2n) is 3.63. The molecule has 4 heteroatoms. The number of rotatable bonds is 1. The summed E-state index contributed by atoms with van der Waals surface area (Å²) in [6, 6.07) is 11.6. The van der Waals surface area contributed by atoms with Gasteiger partial charge in [0.25, 0.3) is 0 Å². The van der Waals surface area contributed by atoms with E-state index >= 15 is 0 Å². The van der Waals surface area contributed by atoms with Gasteiger partial charge in [0.05, 0.1) is 19.9 Å². The molecular formula is C12H8ClN2S. The first-order valence-electron chi connectivity index (χ1n) is 4.83. The van der Waals surface area contributed by atoms with E-state index in [1.165, 1.54) is 11.3 Å². The summed E-state index contributed by atoms with van der Waals surface area (Å²) in [4.78, 5) is 10.0. The van der Waals surface area contributed by atoms with Gasteiger partial charge < -0.3 is 0 Å². The van der Waals surface area contributed by atoms with Crippen LogP contribution >= 0.6 is 22.9 Å². The molecule has 1 aliphatic heterocycles. The van der Waals surface area contributed by atoms with E-state index in [1.54, 1.807) is 0 Å². The maximum absolute atomic E-state index is 5.92. The third-order valence-corrected chi connectivity index (χ3v) is 3.83. The lowest BCUT2D eigenvalue weighted by Gasteiger charge is -2.14.